The fourth-order valence-electron chi connectivity index (χ4n) is 3.62. The van der Waals surface area contributed by atoms with E-state index >= 15 is 0 Å². The molecule has 1 aliphatic heterocycles. The monoisotopic (exact) mass is 446 g/mol. The van der Waals surface area contributed by atoms with E-state index in [0.717, 1.165) is 31.5 Å². The zero-order chi connectivity index (χ0) is 22.1. The lowest BCUT2D eigenvalue weighted by Crippen LogP contribution is -2.44. The number of benzene rings is 2. The molecule has 0 saturated carbocycles. The van der Waals surface area contributed by atoms with Crippen molar-refractivity contribution in [3.8, 4) is 11.5 Å². The summed E-state index contributed by atoms with van der Waals surface area (Å²) in [4.78, 5) is 15.2. The topological polar surface area (TPSA) is 60.0 Å². The first-order valence-electron chi connectivity index (χ1n) is 10.8. The molecule has 2 aromatic rings. The summed E-state index contributed by atoms with van der Waals surface area (Å²) in [6, 6.07) is 13.0. The number of rotatable bonds is 10. The van der Waals surface area contributed by atoms with Gasteiger partial charge in [-0.2, -0.15) is 0 Å². The van der Waals surface area contributed by atoms with Gasteiger partial charge < -0.3 is 19.5 Å². The first-order chi connectivity index (χ1) is 15.1. The molecule has 1 N–H and O–H groups in total. The number of morpholine rings is 1. The van der Waals surface area contributed by atoms with Gasteiger partial charge in [0.25, 0.3) is 5.91 Å². The van der Waals surface area contributed by atoms with E-state index in [1.165, 1.54) is 0 Å². The van der Waals surface area contributed by atoms with Crippen LogP contribution in [0.15, 0.2) is 42.5 Å². The number of ether oxygens (including phenoxy) is 3. The molecule has 3 rings (SSSR count). The number of hydrogen-bond donors (Lipinski definition) is 1. The number of methoxy groups -OCH3 is 1. The van der Waals surface area contributed by atoms with Gasteiger partial charge in [0.1, 0.15) is 0 Å². The predicted octanol–water partition coefficient (Wildman–Crippen LogP) is 4.33. The van der Waals surface area contributed by atoms with Crippen molar-refractivity contribution >= 4 is 17.5 Å². The summed E-state index contributed by atoms with van der Waals surface area (Å²) >= 11 is 6.48. The van der Waals surface area contributed by atoms with Crippen LogP contribution in [-0.4, -0.2) is 57.4 Å². The maximum atomic E-state index is 12.9. The molecule has 1 heterocycles. The molecule has 0 spiro atoms. The zero-order valence-electron chi connectivity index (χ0n) is 18.2. The van der Waals surface area contributed by atoms with Crippen LogP contribution >= 0.6 is 11.6 Å². The second kappa shape index (κ2) is 11.9. The zero-order valence-corrected chi connectivity index (χ0v) is 19.0. The van der Waals surface area contributed by atoms with E-state index in [2.05, 4.69) is 17.1 Å². The Balaban J connectivity index is 1.71. The van der Waals surface area contributed by atoms with E-state index in [4.69, 9.17) is 25.8 Å². The van der Waals surface area contributed by atoms with Crippen LogP contribution in [0.1, 0.15) is 41.7 Å². The number of nitrogens with one attached hydrogen (secondary N) is 1. The highest BCUT2D eigenvalue weighted by Crippen LogP contribution is 2.30. The van der Waals surface area contributed by atoms with Crippen molar-refractivity contribution in [2.45, 2.75) is 25.8 Å². The quantitative estimate of drug-likeness (QED) is 0.550. The van der Waals surface area contributed by atoms with E-state index in [9.17, 15) is 4.79 Å². The average Bonchev–Trinajstić information content (AvgIpc) is 2.81. The number of carbonyl (C=O) groups excluding carboxylic acids is 1. The Bertz CT molecular complexity index is 855. The van der Waals surface area contributed by atoms with Gasteiger partial charge in [0.15, 0.2) is 11.5 Å². The molecule has 2 aromatic carbocycles. The molecule has 31 heavy (non-hydrogen) atoms. The van der Waals surface area contributed by atoms with Gasteiger partial charge in [0.2, 0.25) is 0 Å². The Labute approximate surface area is 189 Å². The number of halogens is 1. The molecular formula is C24H31ClN2O4. The van der Waals surface area contributed by atoms with Crippen molar-refractivity contribution in [2.24, 2.45) is 0 Å². The number of unbranched alkanes of at least 4 members (excludes halogenated alkanes) is 1. The Morgan fingerprint density at radius 3 is 2.68 bits per heavy atom. The molecule has 0 aromatic heterocycles. The minimum atomic E-state index is -0.163. The van der Waals surface area contributed by atoms with Crippen LogP contribution in [0, 0.1) is 0 Å². The highest BCUT2D eigenvalue weighted by Gasteiger charge is 2.25. The van der Waals surface area contributed by atoms with Gasteiger partial charge >= 0.3 is 0 Å². The average molecular weight is 447 g/mol. The molecule has 1 saturated heterocycles. The predicted molar refractivity (Wildman–Crippen MR) is 122 cm³/mol. The SMILES string of the molecule is CCCCOc1ccc(C(=O)NCC(c2ccccc2Cl)N2CCOCC2)cc1OC. The van der Waals surface area contributed by atoms with Gasteiger partial charge in [-0.25, -0.2) is 0 Å². The fourth-order valence-corrected chi connectivity index (χ4v) is 3.88. The first kappa shape index (κ1) is 23.4. The minimum absolute atomic E-state index is 0.0277. The Kier molecular flexibility index (Phi) is 9.00. The molecule has 1 atom stereocenters. The maximum absolute atomic E-state index is 12.9. The van der Waals surface area contributed by atoms with Crippen molar-refractivity contribution in [2.75, 3.05) is 46.6 Å². The van der Waals surface area contributed by atoms with Crippen molar-refractivity contribution in [3.63, 3.8) is 0 Å². The molecule has 1 fully saturated rings. The lowest BCUT2D eigenvalue weighted by atomic mass is 10.0. The molecule has 1 aliphatic rings. The van der Waals surface area contributed by atoms with Crippen LogP contribution in [0.25, 0.3) is 0 Å². The summed E-state index contributed by atoms with van der Waals surface area (Å²) in [5.41, 5.74) is 1.53. The highest BCUT2D eigenvalue weighted by atomic mass is 35.5. The van der Waals surface area contributed by atoms with Crippen LogP contribution < -0.4 is 14.8 Å². The summed E-state index contributed by atoms with van der Waals surface area (Å²) in [6.45, 7) is 6.11. The van der Waals surface area contributed by atoms with Gasteiger partial charge in [-0.15, -0.1) is 0 Å². The lowest BCUT2D eigenvalue weighted by Gasteiger charge is -2.35. The number of nitrogens with zero attached hydrogens (tertiary/aromatic N) is 1. The van der Waals surface area contributed by atoms with Crippen molar-refractivity contribution in [1.82, 2.24) is 10.2 Å². The number of amides is 1. The van der Waals surface area contributed by atoms with E-state index in [-0.39, 0.29) is 11.9 Å². The van der Waals surface area contributed by atoms with E-state index < -0.39 is 0 Å². The van der Waals surface area contributed by atoms with Crippen LogP contribution in [0.2, 0.25) is 5.02 Å². The maximum Gasteiger partial charge on any atom is 0.251 e. The molecule has 168 valence electrons. The Hall–Kier alpha value is -2.28. The molecule has 7 heteroatoms. The van der Waals surface area contributed by atoms with Crippen molar-refractivity contribution < 1.29 is 19.0 Å². The largest absolute Gasteiger partial charge is 0.493 e. The minimum Gasteiger partial charge on any atom is -0.493 e. The smallest absolute Gasteiger partial charge is 0.251 e. The van der Waals surface area contributed by atoms with Crippen LogP contribution in [0.5, 0.6) is 11.5 Å². The first-order valence-corrected chi connectivity index (χ1v) is 11.2. The number of hydrogen-bond acceptors (Lipinski definition) is 5. The summed E-state index contributed by atoms with van der Waals surface area (Å²) in [5, 5.41) is 3.77. The Morgan fingerprint density at radius 1 is 1.19 bits per heavy atom. The third-order valence-corrected chi connectivity index (χ3v) is 5.73. The normalized spacial score (nSPS) is 15.3. The van der Waals surface area contributed by atoms with Crippen molar-refractivity contribution in [3.05, 3.63) is 58.6 Å². The number of carbonyl (C=O) groups is 1. The standard InChI is InChI=1S/C24H31ClN2O4/c1-3-4-13-31-22-10-9-18(16-23(22)29-2)24(28)26-17-21(27-11-14-30-15-12-27)19-7-5-6-8-20(19)25/h5-10,16,21H,3-4,11-15,17H2,1-2H3,(H,26,28). The van der Waals surface area contributed by atoms with Gasteiger partial charge in [0.05, 0.1) is 33.0 Å². The van der Waals surface area contributed by atoms with Gasteiger partial charge in [0, 0.05) is 30.2 Å². The van der Waals surface area contributed by atoms with Gasteiger partial charge in [-0.3, -0.25) is 9.69 Å². The summed E-state index contributed by atoms with van der Waals surface area (Å²) in [7, 11) is 1.58. The fraction of sp³-hybridized carbons (Fsp3) is 0.458. The second-order valence-corrected chi connectivity index (χ2v) is 7.87. The second-order valence-electron chi connectivity index (χ2n) is 7.46. The molecule has 6 nitrogen and oxygen atoms in total. The molecular weight excluding hydrogens is 416 g/mol. The van der Waals surface area contributed by atoms with E-state index in [1.54, 1.807) is 25.3 Å². The molecule has 0 bridgehead atoms. The van der Waals surface area contributed by atoms with Crippen molar-refractivity contribution in [1.29, 1.82) is 0 Å². The molecule has 1 unspecified atom stereocenters. The van der Waals surface area contributed by atoms with Gasteiger partial charge in [-0.1, -0.05) is 43.1 Å². The molecule has 0 radical (unpaired) electrons. The molecule has 0 aliphatic carbocycles. The lowest BCUT2D eigenvalue weighted by molar-refractivity contribution is 0.0162. The summed E-state index contributed by atoms with van der Waals surface area (Å²) in [6.07, 6.45) is 2.02. The van der Waals surface area contributed by atoms with E-state index in [1.807, 2.05) is 24.3 Å². The summed E-state index contributed by atoms with van der Waals surface area (Å²) in [5.74, 6) is 1.04. The highest BCUT2D eigenvalue weighted by molar-refractivity contribution is 6.31. The van der Waals surface area contributed by atoms with Crippen LogP contribution in [0.4, 0.5) is 0 Å². The van der Waals surface area contributed by atoms with Gasteiger partial charge in [-0.05, 0) is 36.2 Å². The third kappa shape index (κ3) is 6.35. The van der Waals surface area contributed by atoms with Crippen LogP contribution in [-0.2, 0) is 4.74 Å². The van der Waals surface area contributed by atoms with E-state index in [0.29, 0.717) is 48.5 Å². The Morgan fingerprint density at radius 2 is 1.97 bits per heavy atom. The summed E-state index contributed by atoms with van der Waals surface area (Å²) < 4.78 is 16.7. The van der Waals surface area contributed by atoms with Crippen LogP contribution in [0.3, 0.4) is 0 Å². The molecule has 1 amide bonds. The third-order valence-electron chi connectivity index (χ3n) is 5.39.